The summed E-state index contributed by atoms with van der Waals surface area (Å²) in [6.45, 7) is 1.70. The highest BCUT2D eigenvalue weighted by Gasteiger charge is 2.17. The lowest BCUT2D eigenvalue weighted by Gasteiger charge is -2.09. The van der Waals surface area contributed by atoms with Crippen LogP contribution in [0.2, 0.25) is 0 Å². The van der Waals surface area contributed by atoms with Gasteiger partial charge in [-0.2, -0.15) is 0 Å². The Morgan fingerprint density at radius 3 is 2.69 bits per heavy atom. The van der Waals surface area contributed by atoms with Gasteiger partial charge in [0, 0.05) is 11.5 Å². The number of aromatic nitrogens is 1. The van der Waals surface area contributed by atoms with Crippen LogP contribution in [0.4, 0.5) is 8.78 Å². The molecule has 0 amide bonds. The van der Waals surface area contributed by atoms with E-state index in [0.29, 0.717) is 14.6 Å². The maximum absolute atomic E-state index is 12.5. The molecule has 0 bridgehead atoms. The SMILES string of the molecule is Cc1c(CBr)cnc(I)c1C(F)F. The predicted molar refractivity (Wildman–Crippen MR) is 59.3 cm³/mol. The molecule has 0 unspecified atom stereocenters. The van der Waals surface area contributed by atoms with Crippen LogP contribution in [0.15, 0.2) is 6.20 Å². The maximum atomic E-state index is 12.5. The molecule has 13 heavy (non-hydrogen) atoms. The average molecular weight is 362 g/mol. The molecule has 0 aliphatic carbocycles. The Hall–Kier alpha value is 0.220. The van der Waals surface area contributed by atoms with Gasteiger partial charge in [-0.25, -0.2) is 13.8 Å². The molecule has 0 aliphatic heterocycles. The number of hydrogen-bond donors (Lipinski definition) is 0. The number of halogens is 4. The van der Waals surface area contributed by atoms with Gasteiger partial charge >= 0.3 is 0 Å². The second kappa shape index (κ2) is 4.63. The van der Waals surface area contributed by atoms with Crippen molar-refractivity contribution in [1.29, 1.82) is 0 Å². The van der Waals surface area contributed by atoms with E-state index in [0.717, 1.165) is 5.56 Å². The van der Waals surface area contributed by atoms with Crippen LogP contribution in [0, 0.1) is 10.6 Å². The van der Waals surface area contributed by atoms with Gasteiger partial charge in [-0.3, -0.25) is 0 Å². The van der Waals surface area contributed by atoms with Gasteiger partial charge < -0.3 is 0 Å². The van der Waals surface area contributed by atoms with Crippen LogP contribution in [-0.2, 0) is 5.33 Å². The summed E-state index contributed by atoms with van der Waals surface area (Å²) in [5.74, 6) is 0. The minimum atomic E-state index is -2.45. The van der Waals surface area contributed by atoms with E-state index in [2.05, 4.69) is 20.9 Å². The van der Waals surface area contributed by atoms with Crippen LogP contribution in [0.3, 0.4) is 0 Å². The molecule has 0 atom stereocenters. The zero-order valence-corrected chi connectivity index (χ0v) is 10.6. The van der Waals surface area contributed by atoms with E-state index >= 15 is 0 Å². The second-order valence-corrected chi connectivity index (χ2v) is 4.13. The van der Waals surface area contributed by atoms with Crippen molar-refractivity contribution >= 4 is 38.5 Å². The van der Waals surface area contributed by atoms with Gasteiger partial charge in [-0.1, -0.05) is 15.9 Å². The summed E-state index contributed by atoms with van der Waals surface area (Å²) in [7, 11) is 0. The van der Waals surface area contributed by atoms with Crippen LogP contribution in [0.25, 0.3) is 0 Å². The van der Waals surface area contributed by atoms with Crippen molar-refractivity contribution in [1.82, 2.24) is 4.98 Å². The maximum Gasteiger partial charge on any atom is 0.266 e. The highest BCUT2D eigenvalue weighted by atomic mass is 127. The lowest BCUT2D eigenvalue weighted by molar-refractivity contribution is 0.149. The lowest BCUT2D eigenvalue weighted by atomic mass is 10.1. The van der Waals surface area contributed by atoms with E-state index < -0.39 is 6.43 Å². The molecule has 1 heterocycles. The molecule has 0 radical (unpaired) electrons. The van der Waals surface area contributed by atoms with Crippen LogP contribution in [0.1, 0.15) is 23.1 Å². The number of alkyl halides is 3. The van der Waals surface area contributed by atoms with Crippen molar-refractivity contribution in [2.24, 2.45) is 0 Å². The number of rotatable bonds is 2. The molecule has 1 nitrogen and oxygen atoms in total. The third kappa shape index (κ3) is 2.37. The molecular weight excluding hydrogens is 355 g/mol. The smallest absolute Gasteiger partial charge is 0.249 e. The van der Waals surface area contributed by atoms with Gasteiger partial charge in [0.25, 0.3) is 6.43 Å². The first-order valence-corrected chi connectivity index (χ1v) is 5.76. The van der Waals surface area contributed by atoms with E-state index in [-0.39, 0.29) is 5.56 Å². The van der Waals surface area contributed by atoms with E-state index in [4.69, 9.17) is 0 Å². The monoisotopic (exact) mass is 361 g/mol. The number of pyridine rings is 1. The molecule has 1 rings (SSSR count). The fraction of sp³-hybridized carbons (Fsp3) is 0.375. The summed E-state index contributed by atoms with van der Waals surface area (Å²) in [5, 5.41) is 0.558. The minimum absolute atomic E-state index is 0.0533. The molecule has 5 heteroatoms. The van der Waals surface area contributed by atoms with Crippen molar-refractivity contribution in [2.45, 2.75) is 18.7 Å². The molecule has 1 aromatic rings. The molecule has 0 saturated carbocycles. The quantitative estimate of drug-likeness (QED) is 0.443. The van der Waals surface area contributed by atoms with Crippen LogP contribution < -0.4 is 0 Å². The first-order valence-electron chi connectivity index (χ1n) is 3.56. The molecule has 72 valence electrons. The fourth-order valence-corrected chi connectivity index (χ4v) is 2.36. The highest BCUT2D eigenvalue weighted by Crippen LogP contribution is 2.28. The fourth-order valence-electron chi connectivity index (χ4n) is 1.02. The second-order valence-electron chi connectivity index (χ2n) is 2.55. The number of nitrogens with zero attached hydrogens (tertiary/aromatic N) is 1. The average Bonchev–Trinajstić information content (AvgIpc) is 2.04. The molecule has 0 fully saturated rings. The summed E-state index contributed by atoms with van der Waals surface area (Å²) < 4.78 is 25.5. The van der Waals surface area contributed by atoms with Crippen LogP contribution >= 0.6 is 38.5 Å². The Morgan fingerprint density at radius 2 is 2.23 bits per heavy atom. The lowest BCUT2D eigenvalue weighted by Crippen LogP contribution is -2.00. The van der Waals surface area contributed by atoms with Crippen molar-refractivity contribution < 1.29 is 8.78 Å². The molecule has 1 aromatic heterocycles. The van der Waals surface area contributed by atoms with Gasteiger partial charge in [-0.05, 0) is 40.6 Å². The molecular formula is C8H7BrF2IN. The first kappa shape index (κ1) is 11.3. The summed E-state index contributed by atoms with van der Waals surface area (Å²) in [6, 6.07) is 0. The van der Waals surface area contributed by atoms with Crippen molar-refractivity contribution in [3.63, 3.8) is 0 Å². The van der Waals surface area contributed by atoms with E-state index in [1.54, 1.807) is 13.1 Å². The Kier molecular flexibility index (Phi) is 4.03. The molecule has 0 aliphatic rings. The zero-order valence-electron chi connectivity index (χ0n) is 6.82. The predicted octanol–water partition coefficient (Wildman–Crippen LogP) is 3.83. The highest BCUT2D eigenvalue weighted by molar-refractivity contribution is 14.1. The Bertz CT molecular complexity index is 317. The van der Waals surface area contributed by atoms with Gasteiger partial charge in [-0.15, -0.1) is 0 Å². The minimum Gasteiger partial charge on any atom is -0.249 e. The Labute approximate surface area is 97.2 Å². The van der Waals surface area contributed by atoms with Gasteiger partial charge in [0.1, 0.15) is 3.70 Å². The summed E-state index contributed by atoms with van der Waals surface area (Å²) in [6.07, 6.45) is -0.823. The zero-order chi connectivity index (χ0) is 10.0. The van der Waals surface area contributed by atoms with Crippen molar-refractivity contribution in [2.75, 3.05) is 0 Å². The van der Waals surface area contributed by atoms with E-state index in [9.17, 15) is 8.78 Å². The molecule has 0 saturated heterocycles. The first-order chi connectivity index (χ1) is 6.07. The molecule has 0 N–H and O–H groups in total. The van der Waals surface area contributed by atoms with Crippen LogP contribution in [0.5, 0.6) is 0 Å². The number of hydrogen-bond acceptors (Lipinski definition) is 1. The Morgan fingerprint density at radius 1 is 1.62 bits per heavy atom. The normalized spacial score (nSPS) is 10.9. The largest absolute Gasteiger partial charge is 0.266 e. The Balaban J connectivity index is 3.30. The van der Waals surface area contributed by atoms with Gasteiger partial charge in [0.05, 0.1) is 5.56 Å². The van der Waals surface area contributed by atoms with Gasteiger partial charge in [0.15, 0.2) is 0 Å². The van der Waals surface area contributed by atoms with Crippen LogP contribution in [-0.4, -0.2) is 4.98 Å². The summed E-state index contributed by atoms with van der Waals surface area (Å²) in [5.41, 5.74) is 1.50. The van der Waals surface area contributed by atoms with E-state index in [1.165, 1.54) is 0 Å². The summed E-state index contributed by atoms with van der Waals surface area (Å²) in [4.78, 5) is 3.91. The van der Waals surface area contributed by atoms with Gasteiger partial charge in [0.2, 0.25) is 0 Å². The topological polar surface area (TPSA) is 12.9 Å². The standard InChI is InChI=1S/C8H7BrF2IN/c1-4-5(2-9)3-13-8(12)6(4)7(10)11/h3,7H,2H2,1H3. The third-order valence-electron chi connectivity index (χ3n) is 1.80. The van der Waals surface area contributed by atoms with E-state index in [1.807, 2.05) is 22.6 Å². The van der Waals surface area contributed by atoms with Crippen molar-refractivity contribution in [3.8, 4) is 0 Å². The van der Waals surface area contributed by atoms with Crippen molar-refractivity contribution in [3.05, 3.63) is 26.6 Å². The summed E-state index contributed by atoms with van der Waals surface area (Å²) >= 11 is 5.06. The molecule has 0 spiro atoms. The molecule has 0 aromatic carbocycles. The third-order valence-corrected chi connectivity index (χ3v) is 3.27.